The van der Waals surface area contributed by atoms with E-state index in [1.54, 1.807) is 0 Å². The molecule has 0 aromatic carbocycles. The normalized spacial score (nSPS) is 29.4. The Balaban J connectivity index is 2.00. The van der Waals surface area contributed by atoms with E-state index in [1.807, 2.05) is 0 Å². The summed E-state index contributed by atoms with van der Waals surface area (Å²) in [6.07, 6.45) is 0.409. The lowest BCUT2D eigenvalue weighted by Crippen LogP contribution is -2.41. The molecule has 0 aromatic heterocycles. The monoisotopic (exact) mass is 227 g/mol. The summed E-state index contributed by atoms with van der Waals surface area (Å²) in [5, 5.41) is 5.37. The molecule has 2 atom stereocenters. The van der Waals surface area contributed by atoms with Gasteiger partial charge in [0.2, 0.25) is 5.91 Å². The van der Waals surface area contributed by atoms with E-state index in [0.717, 1.165) is 0 Å². The number of amides is 3. The van der Waals surface area contributed by atoms with Crippen LogP contribution in [-0.4, -0.2) is 55.1 Å². The number of rotatable bonds is 2. The molecule has 0 radical (unpaired) electrons. The lowest BCUT2D eigenvalue weighted by molar-refractivity contribution is -0.143. The largest absolute Gasteiger partial charge is 0.468 e. The van der Waals surface area contributed by atoms with Crippen LogP contribution < -0.4 is 10.6 Å². The molecule has 0 aromatic rings. The maximum absolute atomic E-state index is 11.4. The number of methoxy groups -OCH3 is 1. The van der Waals surface area contributed by atoms with E-state index in [-0.39, 0.29) is 30.5 Å². The second-order valence-electron chi connectivity index (χ2n) is 3.80. The van der Waals surface area contributed by atoms with E-state index >= 15 is 0 Å². The summed E-state index contributed by atoms with van der Waals surface area (Å²) < 4.78 is 4.59. The molecule has 0 unspecified atom stereocenters. The fourth-order valence-corrected chi connectivity index (χ4v) is 2.04. The molecule has 2 aliphatic heterocycles. The van der Waals surface area contributed by atoms with Gasteiger partial charge in [0.25, 0.3) is 0 Å². The zero-order valence-corrected chi connectivity index (χ0v) is 8.86. The average Bonchev–Trinajstić information content (AvgIpc) is 2.85. The highest BCUT2D eigenvalue weighted by molar-refractivity contribution is 6.02. The van der Waals surface area contributed by atoms with Crippen LogP contribution in [0.5, 0.6) is 0 Å². The van der Waals surface area contributed by atoms with Crippen LogP contribution in [0.2, 0.25) is 0 Å². The van der Waals surface area contributed by atoms with Crippen LogP contribution in [0.25, 0.3) is 0 Å². The first kappa shape index (κ1) is 10.9. The molecule has 2 heterocycles. The number of nitrogens with one attached hydrogen (secondary N) is 2. The van der Waals surface area contributed by atoms with Gasteiger partial charge in [-0.1, -0.05) is 0 Å². The lowest BCUT2D eigenvalue weighted by atomic mass is 10.1. The number of urea groups is 1. The molecule has 0 saturated carbocycles. The van der Waals surface area contributed by atoms with Gasteiger partial charge in [-0.25, -0.2) is 4.79 Å². The third kappa shape index (κ3) is 1.73. The molecule has 2 rings (SSSR count). The predicted molar refractivity (Wildman–Crippen MR) is 52.5 cm³/mol. The van der Waals surface area contributed by atoms with Crippen LogP contribution in [0.3, 0.4) is 0 Å². The van der Waals surface area contributed by atoms with Crippen LogP contribution >= 0.6 is 0 Å². The van der Waals surface area contributed by atoms with Crippen LogP contribution in [0, 0.1) is 0 Å². The minimum absolute atomic E-state index is 0.0399. The molecule has 2 fully saturated rings. The SMILES string of the molecule is COC(=O)[C@H]1C[C@@H](N2C(=O)CNC2=O)CN1. The van der Waals surface area contributed by atoms with Gasteiger partial charge in [-0.05, 0) is 6.42 Å². The highest BCUT2D eigenvalue weighted by Crippen LogP contribution is 2.17. The molecule has 7 nitrogen and oxygen atoms in total. The van der Waals surface area contributed by atoms with Crippen molar-refractivity contribution in [3.8, 4) is 0 Å². The van der Waals surface area contributed by atoms with Crippen LogP contribution in [0.4, 0.5) is 4.79 Å². The lowest BCUT2D eigenvalue weighted by Gasteiger charge is -2.19. The first-order valence-corrected chi connectivity index (χ1v) is 5.04. The molecule has 2 N–H and O–H groups in total. The first-order valence-electron chi connectivity index (χ1n) is 5.04. The van der Waals surface area contributed by atoms with Gasteiger partial charge in [0.05, 0.1) is 19.7 Å². The van der Waals surface area contributed by atoms with E-state index in [1.165, 1.54) is 12.0 Å². The summed E-state index contributed by atoms with van der Waals surface area (Å²) in [6.45, 7) is 0.469. The molecule has 3 amide bonds. The number of hydrogen-bond donors (Lipinski definition) is 2. The molecule has 16 heavy (non-hydrogen) atoms. The minimum atomic E-state index is -0.434. The van der Waals surface area contributed by atoms with Crippen molar-refractivity contribution >= 4 is 17.9 Å². The molecule has 0 spiro atoms. The highest BCUT2D eigenvalue weighted by atomic mass is 16.5. The summed E-state index contributed by atoms with van der Waals surface area (Å²) in [6, 6.07) is -1.09. The van der Waals surface area contributed by atoms with Crippen molar-refractivity contribution in [1.82, 2.24) is 15.5 Å². The summed E-state index contributed by atoms with van der Waals surface area (Å²) in [4.78, 5) is 35.2. The second-order valence-corrected chi connectivity index (χ2v) is 3.80. The number of ether oxygens (including phenoxy) is 1. The van der Waals surface area contributed by atoms with Gasteiger partial charge < -0.3 is 15.4 Å². The molecule has 88 valence electrons. The Bertz CT molecular complexity index is 328. The summed E-state index contributed by atoms with van der Waals surface area (Å²) in [5.74, 6) is -0.614. The summed E-state index contributed by atoms with van der Waals surface area (Å²) in [5.41, 5.74) is 0. The zero-order valence-electron chi connectivity index (χ0n) is 8.86. The van der Waals surface area contributed by atoms with Crippen LogP contribution in [0.1, 0.15) is 6.42 Å². The standard InChI is InChI=1S/C9H13N3O4/c1-16-8(14)6-2-5(3-10-6)12-7(13)4-11-9(12)15/h5-6,10H,2-4H2,1H3,(H,11,15)/t5-,6-/m1/s1. The number of esters is 1. The van der Waals surface area contributed by atoms with Gasteiger partial charge in [0.15, 0.2) is 0 Å². The maximum atomic E-state index is 11.4. The number of imide groups is 1. The maximum Gasteiger partial charge on any atom is 0.324 e. The zero-order chi connectivity index (χ0) is 11.7. The van der Waals surface area contributed by atoms with Crippen molar-refractivity contribution in [1.29, 1.82) is 0 Å². The molecule has 0 aliphatic carbocycles. The van der Waals surface area contributed by atoms with Gasteiger partial charge in [0.1, 0.15) is 6.04 Å². The van der Waals surface area contributed by atoms with Crippen LogP contribution in [0.15, 0.2) is 0 Å². The van der Waals surface area contributed by atoms with Crippen molar-refractivity contribution < 1.29 is 19.1 Å². The number of carbonyl (C=O) groups excluding carboxylic acids is 3. The molecule has 0 bridgehead atoms. The first-order chi connectivity index (χ1) is 7.63. The highest BCUT2D eigenvalue weighted by Gasteiger charge is 2.41. The molecular formula is C9H13N3O4. The van der Waals surface area contributed by atoms with Gasteiger partial charge in [-0.3, -0.25) is 14.5 Å². The Kier molecular flexibility index (Phi) is 2.78. The fourth-order valence-electron chi connectivity index (χ4n) is 2.04. The average molecular weight is 227 g/mol. The molecular weight excluding hydrogens is 214 g/mol. The topological polar surface area (TPSA) is 87.7 Å². The fraction of sp³-hybridized carbons (Fsp3) is 0.667. The second kappa shape index (κ2) is 4.09. The van der Waals surface area contributed by atoms with E-state index in [9.17, 15) is 14.4 Å². The molecule has 2 saturated heterocycles. The van der Waals surface area contributed by atoms with E-state index in [4.69, 9.17) is 0 Å². The Hall–Kier alpha value is -1.63. The Labute approximate surface area is 92.1 Å². The molecule has 2 aliphatic rings. The van der Waals surface area contributed by atoms with Gasteiger partial charge >= 0.3 is 12.0 Å². The smallest absolute Gasteiger partial charge is 0.324 e. The Morgan fingerprint density at radius 2 is 2.25 bits per heavy atom. The Morgan fingerprint density at radius 1 is 1.50 bits per heavy atom. The number of hydrogen-bond acceptors (Lipinski definition) is 5. The third-order valence-electron chi connectivity index (χ3n) is 2.84. The van der Waals surface area contributed by atoms with Crippen LogP contribution in [-0.2, 0) is 14.3 Å². The van der Waals surface area contributed by atoms with Gasteiger partial charge in [0, 0.05) is 6.54 Å². The van der Waals surface area contributed by atoms with Gasteiger partial charge in [-0.15, -0.1) is 0 Å². The van der Waals surface area contributed by atoms with E-state index < -0.39 is 6.04 Å². The minimum Gasteiger partial charge on any atom is -0.468 e. The van der Waals surface area contributed by atoms with Crippen molar-refractivity contribution in [2.24, 2.45) is 0 Å². The Morgan fingerprint density at radius 3 is 2.81 bits per heavy atom. The summed E-state index contributed by atoms with van der Waals surface area (Å²) in [7, 11) is 1.31. The van der Waals surface area contributed by atoms with Crippen molar-refractivity contribution in [3.63, 3.8) is 0 Å². The number of nitrogens with zero attached hydrogens (tertiary/aromatic N) is 1. The predicted octanol–water partition coefficient (Wildman–Crippen LogP) is -1.56. The van der Waals surface area contributed by atoms with Crippen molar-refractivity contribution in [3.05, 3.63) is 0 Å². The van der Waals surface area contributed by atoms with E-state index in [2.05, 4.69) is 15.4 Å². The van der Waals surface area contributed by atoms with Crippen molar-refractivity contribution in [2.75, 3.05) is 20.2 Å². The van der Waals surface area contributed by atoms with Crippen molar-refractivity contribution in [2.45, 2.75) is 18.5 Å². The number of carbonyl (C=O) groups is 3. The van der Waals surface area contributed by atoms with Gasteiger partial charge in [-0.2, -0.15) is 0 Å². The van der Waals surface area contributed by atoms with E-state index in [0.29, 0.717) is 13.0 Å². The quantitative estimate of drug-likeness (QED) is 0.440. The summed E-state index contributed by atoms with van der Waals surface area (Å²) >= 11 is 0. The third-order valence-corrected chi connectivity index (χ3v) is 2.84. The molecule has 7 heteroatoms.